The van der Waals surface area contributed by atoms with Crippen LogP contribution in [0, 0.1) is 6.92 Å². The van der Waals surface area contributed by atoms with Gasteiger partial charge < -0.3 is 9.47 Å². The molecule has 0 aliphatic carbocycles. The summed E-state index contributed by atoms with van der Waals surface area (Å²) in [7, 11) is 3.94. The molecule has 2 aromatic rings. The van der Waals surface area contributed by atoms with Gasteiger partial charge in [0.15, 0.2) is 0 Å². The molecule has 1 aromatic carbocycles. The fourth-order valence-electron chi connectivity index (χ4n) is 3.63. The van der Waals surface area contributed by atoms with E-state index in [4.69, 9.17) is 0 Å². The molecule has 0 bridgehead atoms. The Balaban J connectivity index is 1.79. The summed E-state index contributed by atoms with van der Waals surface area (Å²) in [6.45, 7) is 3.61. The van der Waals surface area contributed by atoms with Gasteiger partial charge in [-0.3, -0.25) is 9.69 Å². The molecule has 1 aromatic heterocycles. The lowest BCUT2D eigenvalue weighted by molar-refractivity contribution is -0.138. The van der Waals surface area contributed by atoms with Crippen molar-refractivity contribution >= 4 is 5.91 Å². The maximum absolute atomic E-state index is 13.2. The van der Waals surface area contributed by atoms with Crippen molar-refractivity contribution in [3.8, 4) is 0 Å². The van der Waals surface area contributed by atoms with Crippen molar-refractivity contribution in [2.75, 3.05) is 27.2 Å². The third-order valence-corrected chi connectivity index (χ3v) is 4.83. The van der Waals surface area contributed by atoms with E-state index in [2.05, 4.69) is 9.55 Å². The summed E-state index contributed by atoms with van der Waals surface area (Å²) in [5.74, 6) is 1.20. The van der Waals surface area contributed by atoms with E-state index in [0.717, 1.165) is 37.3 Å². The highest BCUT2D eigenvalue weighted by molar-refractivity contribution is 5.83. The Kier molecular flexibility index (Phi) is 5.00. The molecule has 1 fully saturated rings. The standard InChI is InChI=1S/C19H26N4O/c1-15-20-11-13-23(15)17-10-7-12-22(14-17)19(24)18(21(2)3)16-8-5-4-6-9-16/h4-6,8-9,11,13,17-18H,7,10,12,14H2,1-3H3/t17-,18+/m0/s1. The number of aryl methyl sites for hydroxylation is 1. The molecule has 0 N–H and O–H groups in total. The maximum atomic E-state index is 13.2. The SMILES string of the molecule is Cc1nccn1[C@H]1CCCN(C(=O)[C@@H](c2ccccc2)N(C)C)C1. The molecule has 128 valence electrons. The first kappa shape index (κ1) is 16.7. The normalized spacial score (nSPS) is 19.5. The van der Waals surface area contributed by atoms with Gasteiger partial charge >= 0.3 is 0 Å². The second-order valence-electron chi connectivity index (χ2n) is 6.74. The summed E-state index contributed by atoms with van der Waals surface area (Å²) in [4.78, 5) is 21.5. The molecule has 1 amide bonds. The van der Waals surface area contributed by atoms with Gasteiger partial charge in [-0.25, -0.2) is 4.98 Å². The van der Waals surface area contributed by atoms with Gasteiger partial charge in [-0.2, -0.15) is 0 Å². The Hall–Kier alpha value is -2.14. The molecule has 0 unspecified atom stereocenters. The average molecular weight is 326 g/mol. The number of rotatable bonds is 4. The number of likely N-dealkylation sites (tertiary alicyclic amines) is 1. The third-order valence-electron chi connectivity index (χ3n) is 4.83. The zero-order chi connectivity index (χ0) is 17.1. The predicted molar refractivity (Wildman–Crippen MR) is 94.7 cm³/mol. The predicted octanol–water partition coefficient (Wildman–Crippen LogP) is 2.66. The van der Waals surface area contributed by atoms with E-state index < -0.39 is 0 Å². The van der Waals surface area contributed by atoms with E-state index in [1.807, 2.05) is 73.5 Å². The summed E-state index contributed by atoms with van der Waals surface area (Å²) in [6, 6.07) is 10.1. The van der Waals surface area contributed by atoms with Gasteiger partial charge in [0.1, 0.15) is 11.9 Å². The Labute approximate surface area is 143 Å². The molecule has 5 heteroatoms. The Morgan fingerprint density at radius 3 is 2.67 bits per heavy atom. The van der Waals surface area contributed by atoms with Crippen molar-refractivity contribution in [3.63, 3.8) is 0 Å². The minimum absolute atomic E-state index is 0.189. The van der Waals surface area contributed by atoms with E-state index in [0.29, 0.717) is 6.04 Å². The van der Waals surface area contributed by atoms with E-state index in [1.54, 1.807) is 0 Å². The van der Waals surface area contributed by atoms with E-state index in [9.17, 15) is 4.79 Å². The maximum Gasteiger partial charge on any atom is 0.244 e. The molecule has 2 atom stereocenters. The molecule has 1 saturated heterocycles. The second-order valence-corrected chi connectivity index (χ2v) is 6.74. The zero-order valence-corrected chi connectivity index (χ0v) is 14.7. The first-order valence-electron chi connectivity index (χ1n) is 8.57. The van der Waals surface area contributed by atoms with Crippen LogP contribution < -0.4 is 0 Å². The number of amides is 1. The van der Waals surface area contributed by atoms with Crippen LogP contribution in [-0.2, 0) is 4.79 Å². The number of nitrogens with zero attached hydrogens (tertiary/aromatic N) is 4. The molecule has 24 heavy (non-hydrogen) atoms. The van der Waals surface area contributed by atoms with Crippen LogP contribution in [-0.4, -0.2) is 52.4 Å². The van der Waals surface area contributed by atoms with Crippen LogP contribution in [0.5, 0.6) is 0 Å². The van der Waals surface area contributed by atoms with Crippen molar-refractivity contribution in [2.24, 2.45) is 0 Å². The molecule has 0 radical (unpaired) electrons. The minimum Gasteiger partial charge on any atom is -0.339 e. The Morgan fingerprint density at radius 2 is 2.04 bits per heavy atom. The van der Waals surface area contributed by atoms with Crippen LogP contribution in [0.15, 0.2) is 42.7 Å². The van der Waals surface area contributed by atoms with Gasteiger partial charge in [-0.15, -0.1) is 0 Å². The molecule has 3 rings (SSSR count). The zero-order valence-electron chi connectivity index (χ0n) is 14.7. The fourth-order valence-corrected chi connectivity index (χ4v) is 3.63. The number of hydrogen-bond acceptors (Lipinski definition) is 3. The largest absolute Gasteiger partial charge is 0.339 e. The van der Waals surface area contributed by atoms with Crippen molar-refractivity contribution in [1.82, 2.24) is 19.4 Å². The molecule has 0 spiro atoms. The fraction of sp³-hybridized carbons (Fsp3) is 0.474. The first-order chi connectivity index (χ1) is 11.6. The molecule has 5 nitrogen and oxygen atoms in total. The molecular weight excluding hydrogens is 300 g/mol. The molecular formula is C19H26N4O. The monoisotopic (exact) mass is 326 g/mol. The lowest BCUT2D eigenvalue weighted by Crippen LogP contribution is -2.46. The highest BCUT2D eigenvalue weighted by Gasteiger charge is 2.31. The average Bonchev–Trinajstić information content (AvgIpc) is 3.02. The number of carbonyl (C=O) groups excluding carboxylic acids is 1. The molecule has 1 aliphatic rings. The highest BCUT2D eigenvalue weighted by Crippen LogP contribution is 2.27. The molecule has 2 heterocycles. The van der Waals surface area contributed by atoms with E-state index in [-0.39, 0.29) is 11.9 Å². The lowest BCUT2D eigenvalue weighted by atomic mass is 10.0. The Bertz CT molecular complexity index is 680. The second kappa shape index (κ2) is 7.18. The van der Waals surface area contributed by atoms with Crippen LogP contribution in [0.25, 0.3) is 0 Å². The van der Waals surface area contributed by atoms with Crippen LogP contribution in [0.1, 0.15) is 36.3 Å². The number of carbonyl (C=O) groups is 1. The summed E-state index contributed by atoms with van der Waals surface area (Å²) in [5, 5.41) is 0. The summed E-state index contributed by atoms with van der Waals surface area (Å²) >= 11 is 0. The van der Waals surface area contributed by atoms with Gasteiger partial charge in [0, 0.05) is 25.5 Å². The van der Waals surface area contributed by atoms with E-state index in [1.165, 1.54) is 0 Å². The lowest BCUT2D eigenvalue weighted by Gasteiger charge is -2.37. The number of hydrogen-bond donors (Lipinski definition) is 0. The number of aromatic nitrogens is 2. The highest BCUT2D eigenvalue weighted by atomic mass is 16.2. The van der Waals surface area contributed by atoms with E-state index >= 15 is 0 Å². The Morgan fingerprint density at radius 1 is 1.29 bits per heavy atom. The number of piperidine rings is 1. The summed E-state index contributed by atoms with van der Waals surface area (Å²) in [6.07, 6.45) is 5.99. The third kappa shape index (κ3) is 3.36. The number of benzene rings is 1. The van der Waals surface area contributed by atoms with Crippen LogP contribution in [0.4, 0.5) is 0 Å². The van der Waals surface area contributed by atoms with Gasteiger partial charge in [-0.05, 0) is 39.4 Å². The summed E-state index contributed by atoms with van der Waals surface area (Å²) < 4.78 is 2.20. The van der Waals surface area contributed by atoms with Gasteiger partial charge in [0.2, 0.25) is 5.91 Å². The van der Waals surface area contributed by atoms with Crippen molar-refractivity contribution in [1.29, 1.82) is 0 Å². The number of imidazole rings is 1. The van der Waals surface area contributed by atoms with Crippen LogP contribution >= 0.6 is 0 Å². The minimum atomic E-state index is -0.228. The van der Waals surface area contributed by atoms with Crippen LogP contribution in [0.2, 0.25) is 0 Å². The van der Waals surface area contributed by atoms with Crippen LogP contribution in [0.3, 0.4) is 0 Å². The molecule has 0 saturated carbocycles. The summed E-state index contributed by atoms with van der Waals surface area (Å²) in [5.41, 5.74) is 1.05. The van der Waals surface area contributed by atoms with Gasteiger partial charge in [-0.1, -0.05) is 30.3 Å². The topological polar surface area (TPSA) is 41.4 Å². The van der Waals surface area contributed by atoms with Crippen molar-refractivity contribution in [2.45, 2.75) is 31.8 Å². The first-order valence-corrected chi connectivity index (χ1v) is 8.57. The molecule has 1 aliphatic heterocycles. The quantitative estimate of drug-likeness (QED) is 0.867. The smallest absolute Gasteiger partial charge is 0.244 e. The van der Waals surface area contributed by atoms with Gasteiger partial charge in [0.25, 0.3) is 0 Å². The van der Waals surface area contributed by atoms with Gasteiger partial charge in [0.05, 0.1) is 6.04 Å². The van der Waals surface area contributed by atoms with Crippen molar-refractivity contribution < 1.29 is 4.79 Å². The van der Waals surface area contributed by atoms with Crippen molar-refractivity contribution in [3.05, 3.63) is 54.1 Å². The number of likely N-dealkylation sites (N-methyl/N-ethyl adjacent to an activating group) is 1.